The highest BCUT2D eigenvalue weighted by Crippen LogP contribution is 2.45. The van der Waals surface area contributed by atoms with Crippen molar-refractivity contribution in [3.63, 3.8) is 0 Å². The Hall–Kier alpha value is -1.72. The number of hydrogen-bond donors (Lipinski definition) is 2. The SMILES string of the molecule is O=C1CCC2(CC(CO)(c3ccccc3)CO2)C(=O)N1. The smallest absolute Gasteiger partial charge is 0.258 e. The molecule has 0 saturated carbocycles. The largest absolute Gasteiger partial charge is 0.395 e. The number of rotatable bonds is 2. The molecule has 2 heterocycles. The molecule has 2 N–H and O–H groups in total. The lowest BCUT2D eigenvalue weighted by Gasteiger charge is -2.32. The normalized spacial score (nSPS) is 33.5. The second-order valence-electron chi connectivity index (χ2n) is 5.64. The van der Waals surface area contributed by atoms with Crippen LogP contribution >= 0.6 is 0 Å². The number of piperidine rings is 1. The van der Waals surface area contributed by atoms with Crippen LogP contribution in [0.25, 0.3) is 0 Å². The average Bonchev–Trinajstić information content (AvgIpc) is 2.87. The number of carbonyl (C=O) groups excluding carboxylic acids is 2. The summed E-state index contributed by atoms with van der Waals surface area (Å²) in [6, 6.07) is 9.59. The standard InChI is InChI=1S/C15H17NO4/c17-9-14(11-4-2-1-3-5-11)8-15(20-10-14)7-6-12(18)16-13(15)19/h1-5,17H,6-10H2,(H,16,18,19). The molecular weight excluding hydrogens is 258 g/mol. The van der Waals surface area contributed by atoms with Crippen LogP contribution in [0.3, 0.4) is 0 Å². The van der Waals surface area contributed by atoms with Crippen molar-refractivity contribution >= 4 is 11.8 Å². The van der Waals surface area contributed by atoms with Gasteiger partial charge >= 0.3 is 0 Å². The number of ether oxygens (including phenoxy) is 1. The number of hydrogen-bond acceptors (Lipinski definition) is 4. The molecule has 5 heteroatoms. The van der Waals surface area contributed by atoms with Gasteiger partial charge < -0.3 is 9.84 Å². The highest BCUT2D eigenvalue weighted by molar-refractivity contribution is 6.02. The van der Waals surface area contributed by atoms with E-state index in [-0.39, 0.29) is 31.4 Å². The van der Waals surface area contributed by atoms with Crippen molar-refractivity contribution in [3.05, 3.63) is 35.9 Å². The van der Waals surface area contributed by atoms with E-state index in [0.717, 1.165) is 5.56 Å². The Morgan fingerprint density at radius 2 is 2.00 bits per heavy atom. The molecule has 2 unspecified atom stereocenters. The Kier molecular flexibility index (Phi) is 3.11. The molecule has 2 amide bonds. The minimum Gasteiger partial charge on any atom is -0.395 e. The molecule has 20 heavy (non-hydrogen) atoms. The summed E-state index contributed by atoms with van der Waals surface area (Å²) in [4.78, 5) is 23.4. The van der Waals surface area contributed by atoms with Crippen LogP contribution in [0.1, 0.15) is 24.8 Å². The van der Waals surface area contributed by atoms with Crippen LogP contribution in [0.4, 0.5) is 0 Å². The molecule has 1 aromatic carbocycles. The molecule has 0 aromatic heterocycles. The van der Waals surface area contributed by atoms with Crippen molar-refractivity contribution < 1.29 is 19.4 Å². The third kappa shape index (κ3) is 1.94. The molecule has 106 valence electrons. The molecule has 2 aliphatic rings. The van der Waals surface area contributed by atoms with Gasteiger partial charge in [-0.05, 0) is 18.4 Å². The fourth-order valence-corrected chi connectivity index (χ4v) is 3.13. The predicted molar refractivity (Wildman–Crippen MR) is 70.9 cm³/mol. The third-order valence-corrected chi connectivity index (χ3v) is 4.36. The van der Waals surface area contributed by atoms with Crippen LogP contribution < -0.4 is 5.32 Å². The van der Waals surface area contributed by atoms with E-state index in [4.69, 9.17) is 4.74 Å². The number of aliphatic hydroxyl groups is 1. The Labute approximate surface area is 116 Å². The zero-order valence-electron chi connectivity index (χ0n) is 11.1. The predicted octanol–water partition coefficient (Wildman–Crippen LogP) is 0.512. The van der Waals surface area contributed by atoms with Gasteiger partial charge in [-0.3, -0.25) is 14.9 Å². The van der Waals surface area contributed by atoms with E-state index in [1.807, 2.05) is 30.3 Å². The van der Waals surface area contributed by atoms with E-state index in [9.17, 15) is 14.7 Å². The molecule has 0 radical (unpaired) electrons. The van der Waals surface area contributed by atoms with Gasteiger partial charge in [0.25, 0.3) is 5.91 Å². The van der Waals surface area contributed by atoms with Crippen LogP contribution in [0.5, 0.6) is 0 Å². The summed E-state index contributed by atoms with van der Waals surface area (Å²) >= 11 is 0. The van der Waals surface area contributed by atoms with E-state index in [1.54, 1.807) is 0 Å². The van der Waals surface area contributed by atoms with Crippen molar-refractivity contribution in [2.45, 2.75) is 30.3 Å². The number of nitrogens with one attached hydrogen (secondary N) is 1. The Balaban J connectivity index is 1.91. The molecule has 1 aromatic rings. The molecule has 2 fully saturated rings. The summed E-state index contributed by atoms with van der Waals surface area (Å²) in [6.07, 6.45) is 1.06. The molecular formula is C15H17NO4. The van der Waals surface area contributed by atoms with E-state index in [1.165, 1.54) is 0 Å². The Morgan fingerprint density at radius 1 is 1.25 bits per heavy atom. The van der Waals surface area contributed by atoms with E-state index >= 15 is 0 Å². The van der Waals surface area contributed by atoms with E-state index in [0.29, 0.717) is 12.8 Å². The topological polar surface area (TPSA) is 75.6 Å². The number of benzene rings is 1. The summed E-state index contributed by atoms with van der Waals surface area (Å²) < 4.78 is 5.78. The van der Waals surface area contributed by atoms with Crippen LogP contribution in [-0.2, 0) is 19.7 Å². The van der Waals surface area contributed by atoms with Gasteiger partial charge in [-0.1, -0.05) is 30.3 Å². The minimum absolute atomic E-state index is 0.0833. The number of amides is 2. The van der Waals surface area contributed by atoms with Gasteiger partial charge in [-0.15, -0.1) is 0 Å². The summed E-state index contributed by atoms with van der Waals surface area (Å²) in [6.45, 7) is 0.203. The van der Waals surface area contributed by atoms with E-state index < -0.39 is 11.0 Å². The van der Waals surface area contributed by atoms with Crippen LogP contribution in [-0.4, -0.2) is 35.7 Å². The lowest BCUT2D eigenvalue weighted by molar-refractivity contribution is -0.151. The van der Waals surface area contributed by atoms with Crippen molar-refractivity contribution in [2.75, 3.05) is 13.2 Å². The first-order valence-electron chi connectivity index (χ1n) is 6.75. The molecule has 2 aliphatic heterocycles. The summed E-state index contributed by atoms with van der Waals surface area (Å²) in [7, 11) is 0. The third-order valence-electron chi connectivity index (χ3n) is 4.36. The maximum absolute atomic E-state index is 12.1. The fraction of sp³-hybridized carbons (Fsp3) is 0.467. The van der Waals surface area contributed by atoms with Crippen LogP contribution in [0.2, 0.25) is 0 Å². The monoisotopic (exact) mass is 275 g/mol. The van der Waals surface area contributed by atoms with Gasteiger partial charge in [0.1, 0.15) is 5.60 Å². The Morgan fingerprint density at radius 3 is 2.65 bits per heavy atom. The summed E-state index contributed by atoms with van der Waals surface area (Å²) in [5.74, 6) is -0.634. The Bertz CT molecular complexity index is 544. The van der Waals surface area contributed by atoms with Crippen molar-refractivity contribution in [1.29, 1.82) is 0 Å². The second-order valence-corrected chi connectivity index (χ2v) is 5.64. The molecule has 2 saturated heterocycles. The van der Waals surface area contributed by atoms with Gasteiger partial charge in [0.05, 0.1) is 13.2 Å². The van der Waals surface area contributed by atoms with Crippen LogP contribution in [0.15, 0.2) is 30.3 Å². The number of carbonyl (C=O) groups is 2. The molecule has 3 rings (SSSR count). The van der Waals surface area contributed by atoms with Crippen molar-refractivity contribution in [2.24, 2.45) is 0 Å². The maximum atomic E-state index is 12.1. The second kappa shape index (κ2) is 4.68. The fourth-order valence-electron chi connectivity index (χ4n) is 3.13. The summed E-state index contributed by atoms with van der Waals surface area (Å²) in [5, 5.41) is 12.2. The van der Waals surface area contributed by atoms with Gasteiger partial charge in [0.2, 0.25) is 5.91 Å². The lowest BCUT2D eigenvalue weighted by Crippen LogP contribution is -2.53. The average molecular weight is 275 g/mol. The molecule has 5 nitrogen and oxygen atoms in total. The van der Waals surface area contributed by atoms with Gasteiger partial charge in [0, 0.05) is 11.8 Å². The molecule has 0 bridgehead atoms. The molecule has 1 spiro atoms. The van der Waals surface area contributed by atoms with Crippen molar-refractivity contribution in [3.8, 4) is 0 Å². The summed E-state index contributed by atoms with van der Waals surface area (Å²) in [5.41, 5.74) is -0.588. The van der Waals surface area contributed by atoms with Crippen LogP contribution in [0, 0.1) is 0 Å². The number of aliphatic hydroxyl groups excluding tert-OH is 1. The first-order valence-corrected chi connectivity index (χ1v) is 6.75. The van der Waals surface area contributed by atoms with Gasteiger partial charge in [-0.25, -0.2) is 0 Å². The maximum Gasteiger partial charge on any atom is 0.258 e. The highest BCUT2D eigenvalue weighted by atomic mass is 16.5. The zero-order chi connectivity index (χ0) is 14.2. The van der Waals surface area contributed by atoms with Gasteiger partial charge in [-0.2, -0.15) is 0 Å². The lowest BCUT2D eigenvalue weighted by atomic mass is 9.74. The zero-order valence-corrected chi connectivity index (χ0v) is 11.1. The molecule has 0 aliphatic carbocycles. The first-order chi connectivity index (χ1) is 9.60. The number of imide groups is 1. The quantitative estimate of drug-likeness (QED) is 0.771. The minimum atomic E-state index is -0.980. The van der Waals surface area contributed by atoms with Gasteiger partial charge in [0.15, 0.2) is 0 Å². The highest BCUT2D eigenvalue weighted by Gasteiger charge is 2.55. The molecule has 2 atom stereocenters. The first kappa shape index (κ1) is 13.3. The van der Waals surface area contributed by atoms with E-state index in [2.05, 4.69) is 5.32 Å². The van der Waals surface area contributed by atoms with Crippen molar-refractivity contribution in [1.82, 2.24) is 5.32 Å².